The summed E-state index contributed by atoms with van der Waals surface area (Å²) in [5.74, 6) is -1.10. The van der Waals surface area contributed by atoms with Gasteiger partial charge in [-0.25, -0.2) is 0 Å². The van der Waals surface area contributed by atoms with Gasteiger partial charge >= 0.3 is 0 Å². The molecule has 1 N–H and O–H groups in total. The molecule has 2 aromatic carbocycles. The highest BCUT2D eigenvalue weighted by Gasteiger charge is 2.35. The summed E-state index contributed by atoms with van der Waals surface area (Å²) in [5.41, 5.74) is 2.51. The third-order valence-corrected chi connectivity index (χ3v) is 5.11. The first kappa shape index (κ1) is 20.2. The van der Waals surface area contributed by atoms with Gasteiger partial charge in [-0.3, -0.25) is 29.9 Å². The molecule has 0 radical (unpaired) electrons. The Bertz CT molecular complexity index is 1280. The highest BCUT2D eigenvalue weighted by molar-refractivity contribution is 7.80. The summed E-state index contributed by atoms with van der Waals surface area (Å²) in [5, 5.41) is 13.6. The van der Waals surface area contributed by atoms with Crippen molar-refractivity contribution in [3.05, 3.63) is 93.8 Å². The molecule has 9 heteroatoms. The van der Waals surface area contributed by atoms with Crippen LogP contribution >= 0.6 is 12.2 Å². The van der Waals surface area contributed by atoms with Crippen LogP contribution < -0.4 is 10.2 Å². The molecule has 2 amide bonds. The zero-order valence-electron chi connectivity index (χ0n) is 16.3. The largest absolute Gasteiger partial charge is 0.323 e. The van der Waals surface area contributed by atoms with E-state index in [2.05, 4.69) is 5.32 Å². The fourth-order valence-electron chi connectivity index (χ4n) is 3.28. The van der Waals surface area contributed by atoms with E-state index in [4.69, 9.17) is 12.2 Å². The zero-order valence-corrected chi connectivity index (χ0v) is 17.1. The van der Waals surface area contributed by atoms with Crippen molar-refractivity contribution in [2.75, 3.05) is 4.90 Å². The maximum Gasteiger partial charge on any atom is 0.271 e. The molecular weight excluding hydrogens is 416 g/mol. The summed E-state index contributed by atoms with van der Waals surface area (Å²) in [6, 6.07) is 15.1. The second kappa shape index (κ2) is 7.96. The van der Waals surface area contributed by atoms with Crippen LogP contribution in [-0.2, 0) is 9.59 Å². The molecule has 1 aromatic heterocycles. The van der Waals surface area contributed by atoms with Gasteiger partial charge in [-0.2, -0.15) is 0 Å². The van der Waals surface area contributed by atoms with Crippen LogP contribution in [-0.4, -0.2) is 26.4 Å². The lowest BCUT2D eigenvalue weighted by atomic mass is 10.1. The van der Waals surface area contributed by atoms with Gasteiger partial charge in [-0.15, -0.1) is 0 Å². The van der Waals surface area contributed by atoms with Crippen molar-refractivity contribution in [3.8, 4) is 5.69 Å². The van der Waals surface area contributed by atoms with E-state index in [-0.39, 0.29) is 16.4 Å². The van der Waals surface area contributed by atoms with Gasteiger partial charge in [-0.1, -0.05) is 24.3 Å². The summed E-state index contributed by atoms with van der Waals surface area (Å²) in [6.45, 7) is 1.85. The van der Waals surface area contributed by atoms with Crippen LogP contribution in [0.5, 0.6) is 0 Å². The van der Waals surface area contributed by atoms with E-state index in [1.54, 1.807) is 47.3 Å². The van der Waals surface area contributed by atoms with Crippen LogP contribution in [0.2, 0.25) is 0 Å². The summed E-state index contributed by atoms with van der Waals surface area (Å²) in [4.78, 5) is 37.5. The molecule has 31 heavy (non-hydrogen) atoms. The van der Waals surface area contributed by atoms with Crippen LogP contribution in [0.15, 0.2) is 72.6 Å². The number of amides is 2. The highest BCUT2D eigenvalue weighted by atomic mass is 32.1. The Hall–Kier alpha value is -4.11. The number of non-ortho nitro benzene ring substituents is 1. The van der Waals surface area contributed by atoms with E-state index in [1.165, 1.54) is 23.1 Å². The summed E-state index contributed by atoms with van der Waals surface area (Å²) >= 11 is 5.23. The molecule has 0 aliphatic carbocycles. The van der Waals surface area contributed by atoms with Crippen LogP contribution in [0.1, 0.15) is 11.1 Å². The van der Waals surface area contributed by atoms with Crippen LogP contribution in [0.25, 0.3) is 11.8 Å². The number of hydrogen-bond donors (Lipinski definition) is 1. The van der Waals surface area contributed by atoms with Crippen molar-refractivity contribution in [2.45, 2.75) is 6.92 Å². The predicted molar refractivity (Wildman–Crippen MR) is 120 cm³/mol. The Morgan fingerprint density at radius 1 is 1.10 bits per heavy atom. The highest BCUT2D eigenvalue weighted by Crippen LogP contribution is 2.25. The number of thiocarbonyl (C=S) groups is 1. The Labute approximate surface area is 182 Å². The number of nitrogens with zero attached hydrogens (tertiary/aromatic N) is 3. The van der Waals surface area contributed by atoms with Crippen molar-refractivity contribution >= 4 is 46.6 Å². The lowest BCUT2D eigenvalue weighted by Gasteiger charge is -2.29. The number of benzene rings is 2. The van der Waals surface area contributed by atoms with Gasteiger partial charge in [0.2, 0.25) is 0 Å². The minimum absolute atomic E-state index is 0.0237. The topological polar surface area (TPSA) is 97.5 Å². The monoisotopic (exact) mass is 432 g/mol. The van der Waals surface area contributed by atoms with Gasteiger partial charge in [0.15, 0.2) is 5.11 Å². The molecule has 154 valence electrons. The van der Waals surface area contributed by atoms with Crippen molar-refractivity contribution in [1.29, 1.82) is 0 Å². The quantitative estimate of drug-likeness (QED) is 0.224. The number of nitro groups is 1. The molecule has 1 aliphatic heterocycles. The zero-order chi connectivity index (χ0) is 22.1. The summed E-state index contributed by atoms with van der Waals surface area (Å²) in [7, 11) is 0. The van der Waals surface area contributed by atoms with Crippen LogP contribution in [0.3, 0.4) is 0 Å². The maximum absolute atomic E-state index is 13.1. The summed E-state index contributed by atoms with van der Waals surface area (Å²) in [6.07, 6.45) is 4.84. The first-order valence-electron chi connectivity index (χ1n) is 9.25. The van der Waals surface area contributed by atoms with Crippen molar-refractivity contribution < 1.29 is 14.5 Å². The van der Waals surface area contributed by atoms with E-state index < -0.39 is 16.7 Å². The third-order valence-electron chi connectivity index (χ3n) is 4.82. The van der Waals surface area contributed by atoms with Gasteiger partial charge in [0.05, 0.1) is 16.3 Å². The van der Waals surface area contributed by atoms with Crippen molar-refractivity contribution in [3.63, 3.8) is 0 Å². The fourth-order valence-corrected chi connectivity index (χ4v) is 3.56. The Kier molecular flexibility index (Phi) is 5.18. The molecule has 1 fully saturated rings. The molecule has 0 unspecified atom stereocenters. The van der Waals surface area contributed by atoms with E-state index in [1.807, 2.05) is 19.1 Å². The molecule has 3 aromatic rings. The first-order valence-corrected chi connectivity index (χ1v) is 9.66. The number of nitro benzene ring substituents is 1. The predicted octanol–water partition coefficient (Wildman–Crippen LogP) is 3.53. The molecule has 4 rings (SSSR count). The minimum atomic E-state index is -0.581. The lowest BCUT2D eigenvalue weighted by molar-refractivity contribution is -0.384. The molecule has 1 aliphatic rings. The number of carbonyl (C=O) groups excluding carboxylic acids is 2. The average Bonchev–Trinajstić information content (AvgIpc) is 3.21. The van der Waals surface area contributed by atoms with E-state index in [0.717, 1.165) is 5.56 Å². The molecule has 8 nitrogen and oxygen atoms in total. The van der Waals surface area contributed by atoms with Crippen molar-refractivity contribution in [2.24, 2.45) is 0 Å². The lowest BCUT2D eigenvalue weighted by Crippen LogP contribution is -2.54. The minimum Gasteiger partial charge on any atom is -0.323 e. The standard InChI is InChI=1S/C22H16N4O4S/c1-14-5-2-3-8-19(14)25-21(28)18(20(27)23-22(25)31)11-15-9-10-24(13-15)16-6-4-7-17(12-16)26(29)30/h2-13H,1H3,(H,23,27,31)/b18-11-. The van der Waals surface area contributed by atoms with Gasteiger partial charge in [0, 0.05) is 24.5 Å². The molecule has 1 saturated heterocycles. The second-order valence-electron chi connectivity index (χ2n) is 6.87. The smallest absolute Gasteiger partial charge is 0.271 e. The van der Waals surface area contributed by atoms with E-state index in [9.17, 15) is 19.7 Å². The van der Waals surface area contributed by atoms with Crippen molar-refractivity contribution in [1.82, 2.24) is 9.88 Å². The number of carbonyl (C=O) groups is 2. The van der Waals surface area contributed by atoms with Crippen LogP contribution in [0, 0.1) is 17.0 Å². The Balaban J connectivity index is 1.68. The van der Waals surface area contributed by atoms with Gasteiger partial charge in [0.1, 0.15) is 5.57 Å². The van der Waals surface area contributed by atoms with Gasteiger partial charge < -0.3 is 4.57 Å². The Morgan fingerprint density at radius 2 is 1.87 bits per heavy atom. The fraction of sp³-hybridized carbons (Fsp3) is 0.0455. The molecule has 2 heterocycles. The SMILES string of the molecule is Cc1ccccc1N1C(=O)/C(=C\c2ccn(-c3cccc([N+](=O)[O-])c3)c2)C(=O)NC1=S. The number of hydrogen-bond acceptors (Lipinski definition) is 5. The number of aromatic nitrogens is 1. The normalized spacial score (nSPS) is 15.3. The number of aryl methyl sites for hydroxylation is 1. The van der Waals surface area contributed by atoms with E-state index >= 15 is 0 Å². The third kappa shape index (κ3) is 3.86. The molecule has 0 atom stereocenters. The number of para-hydroxylation sites is 1. The Morgan fingerprint density at radius 3 is 2.61 bits per heavy atom. The van der Waals surface area contributed by atoms with Gasteiger partial charge in [-0.05, 0) is 54.5 Å². The van der Waals surface area contributed by atoms with Gasteiger partial charge in [0.25, 0.3) is 17.5 Å². The maximum atomic E-state index is 13.1. The number of anilines is 1. The first-order chi connectivity index (χ1) is 14.8. The molecule has 0 spiro atoms. The molecule has 0 saturated carbocycles. The summed E-state index contributed by atoms with van der Waals surface area (Å²) < 4.78 is 1.67. The average molecular weight is 432 g/mol. The molecular formula is C22H16N4O4S. The number of rotatable bonds is 4. The second-order valence-corrected chi connectivity index (χ2v) is 7.26. The number of nitrogens with one attached hydrogen (secondary N) is 1. The molecule has 0 bridgehead atoms. The van der Waals surface area contributed by atoms with E-state index in [0.29, 0.717) is 16.9 Å². The van der Waals surface area contributed by atoms with Crippen LogP contribution in [0.4, 0.5) is 11.4 Å².